The number of rotatable bonds is 6. The summed E-state index contributed by atoms with van der Waals surface area (Å²) in [6.07, 6.45) is 0.665. The number of fused-ring (bicyclic) bond motifs is 2. The van der Waals surface area contributed by atoms with Crippen LogP contribution in [0.4, 0.5) is 4.79 Å². The maximum Gasteiger partial charge on any atom is 0.334 e. The van der Waals surface area contributed by atoms with Crippen molar-refractivity contribution >= 4 is 17.8 Å². The summed E-state index contributed by atoms with van der Waals surface area (Å²) >= 11 is 0. The summed E-state index contributed by atoms with van der Waals surface area (Å²) < 4.78 is 10.9. The summed E-state index contributed by atoms with van der Waals surface area (Å²) in [6.45, 7) is 3.12. The van der Waals surface area contributed by atoms with E-state index < -0.39 is 12.2 Å². The van der Waals surface area contributed by atoms with Crippen LogP contribution in [0.1, 0.15) is 30.9 Å². The van der Waals surface area contributed by atoms with Gasteiger partial charge in [-0.25, -0.2) is 14.8 Å². The van der Waals surface area contributed by atoms with Gasteiger partial charge < -0.3 is 24.6 Å². The van der Waals surface area contributed by atoms with Gasteiger partial charge in [-0.1, -0.05) is 49.7 Å². The summed E-state index contributed by atoms with van der Waals surface area (Å²) in [5, 5.41) is 6.19. The second-order valence-corrected chi connectivity index (χ2v) is 9.30. The van der Waals surface area contributed by atoms with Gasteiger partial charge in [0.2, 0.25) is 18.6 Å². The molecule has 2 saturated heterocycles. The quantitative estimate of drug-likeness (QED) is 0.663. The zero-order valence-electron chi connectivity index (χ0n) is 20.6. The Balaban J connectivity index is 1.39. The molecule has 0 aliphatic carbocycles. The Labute approximate surface area is 210 Å². The number of hydrogen-bond acceptors (Lipinski definition) is 6. The van der Waals surface area contributed by atoms with Crippen molar-refractivity contribution in [3.63, 3.8) is 0 Å². The smallest absolute Gasteiger partial charge is 0.334 e. The number of hydrazine groups is 1. The molecule has 10 nitrogen and oxygen atoms in total. The van der Waals surface area contributed by atoms with E-state index in [0.29, 0.717) is 31.0 Å². The van der Waals surface area contributed by atoms with E-state index in [1.54, 1.807) is 26.9 Å². The van der Waals surface area contributed by atoms with Crippen LogP contribution in [-0.4, -0.2) is 76.8 Å². The molecule has 2 aromatic rings. The standard InChI is InChI=1S/C26H31N5O5/c1-3-7-20-25(33)29(14-19-10-11-21-22(12-19)36-17-35-21)15-23-30(20)24(32)16-28(2)31(23)26(34)27-13-18-8-5-4-6-9-18/h4-6,8-12,20,23H,3,7,13-17H2,1-2H3,(H,27,34)/t20-,23-/m0/s1. The zero-order valence-corrected chi connectivity index (χ0v) is 20.6. The number of nitrogens with zero attached hydrogens (tertiary/aromatic N) is 4. The van der Waals surface area contributed by atoms with Gasteiger partial charge in [-0.2, -0.15) is 0 Å². The van der Waals surface area contributed by atoms with E-state index in [1.807, 2.05) is 55.5 Å². The zero-order chi connectivity index (χ0) is 25.2. The number of piperazine rings is 1. The molecule has 10 heteroatoms. The van der Waals surface area contributed by atoms with Crippen molar-refractivity contribution in [2.24, 2.45) is 0 Å². The maximum atomic E-state index is 13.6. The fourth-order valence-corrected chi connectivity index (χ4v) is 5.11. The van der Waals surface area contributed by atoms with E-state index in [-0.39, 0.29) is 37.7 Å². The van der Waals surface area contributed by atoms with E-state index in [9.17, 15) is 14.4 Å². The Morgan fingerprint density at radius 2 is 1.83 bits per heavy atom. The molecule has 190 valence electrons. The summed E-state index contributed by atoms with van der Waals surface area (Å²) in [7, 11) is 1.73. The van der Waals surface area contributed by atoms with Crippen molar-refractivity contribution in [3.8, 4) is 11.5 Å². The van der Waals surface area contributed by atoms with Gasteiger partial charge in [0.05, 0.1) is 13.1 Å². The summed E-state index contributed by atoms with van der Waals surface area (Å²) in [6, 6.07) is 14.3. The number of hydrogen-bond donors (Lipinski definition) is 1. The molecular weight excluding hydrogens is 462 g/mol. The van der Waals surface area contributed by atoms with Crippen LogP contribution >= 0.6 is 0 Å². The monoisotopic (exact) mass is 493 g/mol. The van der Waals surface area contributed by atoms with Crippen molar-refractivity contribution in [2.75, 3.05) is 26.9 Å². The van der Waals surface area contributed by atoms with Crippen molar-refractivity contribution in [3.05, 3.63) is 59.7 Å². The largest absolute Gasteiger partial charge is 0.454 e. The van der Waals surface area contributed by atoms with Crippen molar-refractivity contribution in [1.29, 1.82) is 0 Å². The van der Waals surface area contributed by atoms with Crippen LogP contribution in [0.3, 0.4) is 0 Å². The van der Waals surface area contributed by atoms with E-state index in [0.717, 1.165) is 17.5 Å². The highest BCUT2D eigenvalue weighted by molar-refractivity contribution is 5.91. The topological polar surface area (TPSA) is 94.7 Å². The van der Waals surface area contributed by atoms with Gasteiger partial charge in [-0.3, -0.25) is 9.59 Å². The highest BCUT2D eigenvalue weighted by atomic mass is 16.7. The van der Waals surface area contributed by atoms with Gasteiger partial charge in [-0.05, 0) is 29.7 Å². The van der Waals surface area contributed by atoms with Crippen LogP contribution in [0.5, 0.6) is 11.5 Å². The molecule has 2 atom stereocenters. The second kappa shape index (κ2) is 10.1. The molecule has 3 aliphatic heterocycles. The summed E-state index contributed by atoms with van der Waals surface area (Å²) in [5.74, 6) is 1.08. The fraction of sp³-hybridized carbons (Fsp3) is 0.423. The van der Waals surface area contributed by atoms with E-state index in [1.165, 1.54) is 0 Å². The molecule has 3 heterocycles. The average Bonchev–Trinajstić information content (AvgIpc) is 3.34. The highest BCUT2D eigenvalue weighted by Gasteiger charge is 2.50. The normalized spacial score (nSPS) is 21.6. The predicted octanol–water partition coefficient (Wildman–Crippen LogP) is 2.15. The number of carbonyl (C=O) groups excluding carboxylic acids is 3. The molecule has 2 aromatic carbocycles. The number of likely N-dealkylation sites (N-methyl/N-ethyl adjacent to an activating group) is 1. The third-order valence-electron chi connectivity index (χ3n) is 6.81. The molecule has 0 unspecified atom stereocenters. The number of nitrogens with one attached hydrogen (secondary N) is 1. The van der Waals surface area contributed by atoms with Crippen LogP contribution in [0, 0.1) is 0 Å². The Morgan fingerprint density at radius 1 is 1.06 bits per heavy atom. The molecule has 0 bridgehead atoms. The van der Waals surface area contributed by atoms with Crippen LogP contribution < -0.4 is 14.8 Å². The number of ether oxygens (including phenoxy) is 2. The number of amides is 4. The lowest BCUT2D eigenvalue weighted by molar-refractivity contribution is -0.188. The lowest BCUT2D eigenvalue weighted by Gasteiger charge is -2.54. The molecule has 3 aliphatic rings. The average molecular weight is 494 g/mol. The summed E-state index contributed by atoms with van der Waals surface area (Å²) in [4.78, 5) is 43.4. The molecule has 2 fully saturated rings. The number of benzene rings is 2. The fourth-order valence-electron chi connectivity index (χ4n) is 5.11. The maximum absolute atomic E-state index is 13.6. The molecule has 0 spiro atoms. The van der Waals surface area contributed by atoms with Gasteiger partial charge in [0.1, 0.15) is 12.2 Å². The van der Waals surface area contributed by atoms with Gasteiger partial charge >= 0.3 is 6.03 Å². The Bertz CT molecular complexity index is 1140. The minimum absolute atomic E-state index is 0.0327. The third-order valence-corrected chi connectivity index (χ3v) is 6.81. The van der Waals surface area contributed by atoms with Crippen molar-refractivity contribution in [2.45, 2.75) is 45.1 Å². The number of carbonyl (C=O) groups is 3. The minimum Gasteiger partial charge on any atom is -0.454 e. The molecule has 4 amide bonds. The Hall–Kier alpha value is -3.79. The van der Waals surface area contributed by atoms with Crippen LogP contribution in [0.15, 0.2) is 48.5 Å². The molecule has 5 rings (SSSR count). The first-order valence-corrected chi connectivity index (χ1v) is 12.3. The van der Waals surface area contributed by atoms with Crippen LogP contribution in [0.25, 0.3) is 0 Å². The highest BCUT2D eigenvalue weighted by Crippen LogP contribution is 2.34. The van der Waals surface area contributed by atoms with Gasteiger partial charge in [0.15, 0.2) is 11.5 Å². The molecular formula is C26H31N5O5. The number of urea groups is 1. The minimum atomic E-state index is -0.617. The first kappa shape index (κ1) is 23.9. The molecule has 0 radical (unpaired) electrons. The Kier molecular flexibility index (Phi) is 6.69. The molecule has 1 N–H and O–H groups in total. The van der Waals surface area contributed by atoms with Gasteiger partial charge in [0.25, 0.3) is 0 Å². The van der Waals surface area contributed by atoms with Gasteiger partial charge in [0, 0.05) is 20.1 Å². The van der Waals surface area contributed by atoms with Gasteiger partial charge in [-0.15, -0.1) is 0 Å². The SMILES string of the molecule is CCC[C@H]1C(=O)N(Cc2ccc3c(c2)OCO3)C[C@H]2N1C(=O)CN(C)N2C(=O)NCc1ccccc1. The van der Waals surface area contributed by atoms with E-state index in [4.69, 9.17) is 9.47 Å². The van der Waals surface area contributed by atoms with E-state index in [2.05, 4.69) is 5.32 Å². The molecule has 0 saturated carbocycles. The third kappa shape index (κ3) is 4.56. The van der Waals surface area contributed by atoms with Crippen molar-refractivity contribution < 1.29 is 23.9 Å². The van der Waals surface area contributed by atoms with E-state index >= 15 is 0 Å². The second-order valence-electron chi connectivity index (χ2n) is 9.30. The summed E-state index contributed by atoms with van der Waals surface area (Å²) in [5.41, 5.74) is 1.87. The lowest BCUT2D eigenvalue weighted by atomic mass is 10.0. The van der Waals surface area contributed by atoms with Crippen LogP contribution in [0.2, 0.25) is 0 Å². The first-order valence-electron chi connectivity index (χ1n) is 12.3. The van der Waals surface area contributed by atoms with Crippen LogP contribution in [-0.2, 0) is 22.7 Å². The Morgan fingerprint density at radius 3 is 2.61 bits per heavy atom. The predicted molar refractivity (Wildman–Crippen MR) is 130 cm³/mol. The molecule has 0 aromatic heterocycles. The molecule has 36 heavy (non-hydrogen) atoms. The lowest BCUT2D eigenvalue weighted by Crippen LogP contribution is -2.75. The van der Waals surface area contributed by atoms with Crippen molar-refractivity contribution in [1.82, 2.24) is 25.1 Å². The first-order chi connectivity index (χ1) is 17.5.